The predicted molar refractivity (Wildman–Crippen MR) is 67.3 cm³/mol. The average Bonchev–Trinajstić information content (AvgIpc) is 2.38. The number of carbonyl (C=O) groups is 2. The lowest BCUT2D eigenvalue weighted by Gasteiger charge is -2.13. The molecule has 0 heterocycles. The number of imide groups is 1. The van der Waals surface area contributed by atoms with Crippen LogP contribution in [0.3, 0.4) is 0 Å². The van der Waals surface area contributed by atoms with Gasteiger partial charge in [-0.15, -0.1) is 5.06 Å². The van der Waals surface area contributed by atoms with Crippen molar-refractivity contribution in [3.05, 3.63) is 42.5 Å². The molecule has 2 aromatic carbocycles. The summed E-state index contributed by atoms with van der Waals surface area (Å²) in [5, 5.41) is 13.5. The molecule has 5 heteroatoms. The van der Waals surface area contributed by atoms with Crippen molar-refractivity contribution >= 4 is 28.4 Å². The fourth-order valence-corrected chi connectivity index (χ4v) is 1.65. The lowest BCUT2D eigenvalue weighted by atomic mass is 10.1. The van der Waals surface area contributed by atoms with Crippen molar-refractivity contribution in [3.63, 3.8) is 0 Å². The second-order valence-electron chi connectivity index (χ2n) is 3.79. The highest BCUT2D eigenvalue weighted by atomic mass is 16.5. The molecular weight excluding hydrogens is 232 g/mol. The first-order chi connectivity index (χ1) is 8.59. The topological polar surface area (TPSA) is 69.6 Å². The van der Waals surface area contributed by atoms with E-state index in [1.807, 2.05) is 30.3 Å². The normalized spacial score (nSPS) is 10.1. The first kappa shape index (κ1) is 12.1. The molecule has 2 N–H and O–H groups in total. The van der Waals surface area contributed by atoms with Gasteiger partial charge in [-0.3, -0.25) is 10.0 Å². The van der Waals surface area contributed by atoms with Gasteiger partial charge in [0.05, 0.1) is 5.69 Å². The molecule has 0 atom stereocenters. The maximum Gasteiger partial charge on any atom is 0.353 e. The van der Waals surface area contributed by atoms with E-state index in [4.69, 9.17) is 0 Å². The number of hydrogen-bond donors (Lipinski definition) is 2. The highest BCUT2D eigenvalue weighted by molar-refractivity contribution is 6.05. The molecule has 0 fully saturated rings. The first-order valence-corrected chi connectivity index (χ1v) is 5.38. The molecule has 0 radical (unpaired) electrons. The third kappa shape index (κ3) is 2.31. The van der Waals surface area contributed by atoms with E-state index < -0.39 is 11.9 Å². The van der Waals surface area contributed by atoms with E-state index in [0.717, 1.165) is 17.7 Å². The van der Waals surface area contributed by atoms with Crippen molar-refractivity contribution in [2.45, 2.75) is 6.92 Å². The number of carbonyl (C=O) groups excluding carboxylic acids is 2. The Balaban J connectivity index is 2.32. The van der Waals surface area contributed by atoms with E-state index in [1.54, 1.807) is 12.1 Å². The van der Waals surface area contributed by atoms with Crippen molar-refractivity contribution in [1.82, 2.24) is 5.06 Å². The highest BCUT2D eigenvalue weighted by Gasteiger charge is 2.15. The third-order valence-corrected chi connectivity index (χ3v) is 2.52. The van der Waals surface area contributed by atoms with Crippen molar-refractivity contribution < 1.29 is 14.8 Å². The van der Waals surface area contributed by atoms with Gasteiger partial charge in [0.1, 0.15) is 0 Å². The quantitative estimate of drug-likeness (QED) is 0.598. The van der Waals surface area contributed by atoms with Crippen molar-refractivity contribution in [2.24, 2.45) is 0 Å². The summed E-state index contributed by atoms with van der Waals surface area (Å²) in [5.41, 5.74) is 0.540. The summed E-state index contributed by atoms with van der Waals surface area (Å²) in [7, 11) is 0. The Morgan fingerprint density at radius 3 is 2.50 bits per heavy atom. The molecule has 92 valence electrons. The molecule has 0 unspecified atom stereocenters. The van der Waals surface area contributed by atoms with Gasteiger partial charge in [-0.05, 0) is 11.5 Å². The monoisotopic (exact) mass is 244 g/mol. The largest absolute Gasteiger partial charge is 0.353 e. The van der Waals surface area contributed by atoms with Crippen molar-refractivity contribution in [1.29, 1.82) is 0 Å². The zero-order chi connectivity index (χ0) is 13.1. The van der Waals surface area contributed by atoms with E-state index >= 15 is 0 Å². The number of nitrogens with one attached hydrogen (secondary N) is 1. The molecule has 5 nitrogen and oxygen atoms in total. The summed E-state index contributed by atoms with van der Waals surface area (Å²) in [5.74, 6) is -0.743. The van der Waals surface area contributed by atoms with Crippen LogP contribution in [-0.4, -0.2) is 22.2 Å². The van der Waals surface area contributed by atoms with Crippen LogP contribution in [0.25, 0.3) is 10.8 Å². The van der Waals surface area contributed by atoms with Gasteiger partial charge >= 0.3 is 6.03 Å². The molecule has 3 amide bonds. The number of hydrogen-bond acceptors (Lipinski definition) is 3. The summed E-state index contributed by atoms with van der Waals surface area (Å²) in [6.45, 7) is 1.10. The fourth-order valence-electron chi connectivity index (χ4n) is 1.65. The summed E-state index contributed by atoms with van der Waals surface area (Å²) < 4.78 is 0. The Morgan fingerprint density at radius 2 is 1.78 bits per heavy atom. The molecule has 0 aliphatic rings. The summed E-state index contributed by atoms with van der Waals surface area (Å²) in [4.78, 5) is 22.4. The van der Waals surface area contributed by atoms with Crippen LogP contribution in [0.15, 0.2) is 42.5 Å². The van der Waals surface area contributed by atoms with Gasteiger partial charge < -0.3 is 5.32 Å². The Hall–Kier alpha value is -2.40. The second-order valence-corrected chi connectivity index (χ2v) is 3.79. The maximum atomic E-state index is 11.5. The summed E-state index contributed by atoms with van der Waals surface area (Å²) >= 11 is 0. The molecule has 0 saturated heterocycles. The molecule has 0 aromatic heterocycles. The molecule has 2 rings (SSSR count). The van der Waals surface area contributed by atoms with E-state index in [0.29, 0.717) is 5.69 Å². The summed E-state index contributed by atoms with van der Waals surface area (Å²) in [6, 6.07) is 12.0. The Morgan fingerprint density at radius 1 is 1.11 bits per heavy atom. The molecule has 18 heavy (non-hydrogen) atoms. The van der Waals surface area contributed by atoms with Crippen LogP contribution in [-0.2, 0) is 4.79 Å². The first-order valence-electron chi connectivity index (χ1n) is 5.38. The average molecular weight is 244 g/mol. The van der Waals surface area contributed by atoms with E-state index in [9.17, 15) is 14.8 Å². The van der Waals surface area contributed by atoms with E-state index in [1.165, 1.54) is 0 Å². The van der Waals surface area contributed by atoms with Crippen LogP contribution < -0.4 is 5.32 Å². The van der Waals surface area contributed by atoms with Gasteiger partial charge in [0, 0.05) is 12.3 Å². The highest BCUT2D eigenvalue weighted by Crippen LogP contribution is 2.23. The molecule has 0 spiro atoms. The molecule has 0 bridgehead atoms. The zero-order valence-corrected chi connectivity index (χ0v) is 9.75. The van der Waals surface area contributed by atoms with Gasteiger partial charge in [0.2, 0.25) is 0 Å². The van der Waals surface area contributed by atoms with Gasteiger partial charge in [0.25, 0.3) is 5.91 Å². The molecule has 0 aliphatic carbocycles. The van der Waals surface area contributed by atoms with Crippen molar-refractivity contribution in [3.8, 4) is 0 Å². The molecular formula is C13H12N2O3. The lowest BCUT2D eigenvalue weighted by molar-refractivity contribution is -0.149. The minimum Gasteiger partial charge on any atom is -0.305 e. The predicted octanol–water partition coefficient (Wildman–Crippen LogP) is 2.61. The smallest absolute Gasteiger partial charge is 0.305 e. The minimum absolute atomic E-state index is 0.0434. The van der Waals surface area contributed by atoms with E-state index in [2.05, 4.69) is 5.32 Å². The number of hydroxylamine groups is 2. The number of fused-ring (bicyclic) bond motifs is 1. The number of amides is 3. The van der Waals surface area contributed by atoms with Gasteiger partial charge in [-0.2, -0.15) is 0 Å². The molecule has 2 aromatic rings. The SMILES string of the molecule is CC(=O)N(O)C(=O)Nc1cccc2ccccc12. The van der Waals surface area contributed by atoms with Crippen LogP contribution in [0, 0.1) is 0 Å². The van der Waals surface area contributed by atoms with Gasteiger partial charge in [0.15, 0.2) is 0 Å². The number of urea groups is 1. The van der Waals surface area contributed by atoms with Crippen LogP contribution in [0.4, 0.5) is 10.5 Å². The maximum absolute atomic E-state index is 11.5. The van der Waals surface area contributed by atoms with Crippen LogP contribution in [0.5, 0.6) is 0 Å². The third-order valence-electron chi connectivity index (χ3n) is 2.52. The summed E-state index contributed by atoms with van der Waals surface area (Å²) in [6.07, 6.45) is 0. The van der Waals surface area contributed by atoms with Crippen LogP contribution in [0.2, 0.25) is 0 Å². The fraction of sp³-hybridized carbons (Fsp3) is 0.0769. The minimum atomic E-state index is -0.876. The zero-order valence-electron chi connectivity index (χ0n) is 9.75. The standard InChI is InChI=1S/C13H12N2O3/c1-9(16)15(18)13(17)14-12-8-4-6-10-5-2-3-7-11(10)12/h2-8,18H,1H3,(H,14,17). The van der Waals surface area contributed by atoms with Crippen LogP contribution in [0.1, 0.15) is 6.92 Å². The van der Waals surface area contributed by atoms with Gasteiger partial charge in [-0.25, -0.2) is 4.79 Å². The lowest BCUT2D eigenvalue weighted by Crippen LogP contribution is -2.35. The second kappa shape index (κ2) is 4.85. The number of rotatable bonds is 1. The van der Waals surface area contributed by atoms with Crippen molar-refractivity contribution in [2.75, 3.05) is 5.32 Å². The van der Waals surface area contributed by atoms with Crippen LogP contribution >= 0.6 is 0 Å². The number of nitrogens with zero attached hydrogens (tertiary/aromatic N) is 1. The van der Waals surface area contributed by atoms with E-state index in [-0.39, 0.29) is 5.06 Å². The Kier molecular flexibility index (Phi) is 3.25. The Bertz CT molecular complexity index is 605. The molecule has 0 saturated carbocycles. The number of benzene rings is 2. The number of anilines is 1. The molecule has 0 aliphatic heterocycles. The van der Waals surface area contributed by atoms with Gasteiger partial charge in [-0.1, -0.05) is 36.4 Å². The Labute approximate surface area is 104 Å².